The number of likely N-dealkylation sites (N-methyl/N-ethyl adjacent to an activating group) is 4. The van der Waals surface area contributed by atoms with Crippen molar-refractivity contribution in [3.05, 3.63) is 95.6 Å². The van der Waals surface area contributed by atoms with Crippen LogP contribution in [0, 0.1) is 0 Å². The van der Waals surface area contributed by atoms with Gasteiger partial charge in [0.05, 0.1) is 0 Å². The van der Waals surface area contributed by atoms with Crippen molar-refractivity contribution in [1.29, 1.82) is 0 Å². The average molecular weight is 519 g/mol. The summed E-state index contributed by atoms with van der Waals surface area (Å²) < 4.78 is 0. The van der Waals surface area contributed by atoms with E-state index in [1.54, 1.807) is 24.3 Å². The molecule has 3 rings (SSSR count). The van der Waals surface area contributed by atoms with Crippen LogP contribution < -0.4 is 5.32 Å². The molecule has 206 valence electrons. The molecule has 3 atom stereocenters. The molecule has 0 spiro atoms. The molecule has 0 amide bonds. The van der Waals surface area contributed by atoms with Gasteiger partial charge in [0, 0.05) is 37.8 Å². The predicted molar refractivity (Wildman–Crippen MR) is 158 cm³/mol. The van der Waals surface area contributed by atoms with E-state index in [4.69, 9.17) is 0 Å². The maximum absolute atomic E-state index is 9.81. The van der Waals surface area contributed by atoms with Gasteiger partial charge in [-0.25, -0.2) is 0 Å². The monoisotopic (exact) mass is 518 g/mol. The molecular weight excluding hydrogens is 472 g/mol. The Labute approximate surface area is 229 Å². The molecule has 0 saturated carbocycles. The van der Waals surface area contributed by atoms with Gasteiger partial charge in [-0.1, -0.05) is 54.6 Å². The number of nitrogens with one attached hydrogen (secondary N) is 1. The van der Waals surface area contributed by atoms with Gasteiger partial charge in [0.25, 0.3) is 0 Å². The van der Waals surface area contributed by atoms with Crippen molar-refractivity contribution in [2.75, 3.05) is 54.9 Å². The number of rotatable bonds is 15. The summed E-state index contributed by atoms with van der Waals surface area (Å²) in [5.74, 6) is 0.602. The van der Waals surface area contributed by atoms with Crippen LogP contribution in [0.4, 0.5) is 0 Å². The fraction of sp³-hybridized carbons (Fsp3) is 0.438. The van der Waals surface area contributed by atoms with Crippen LogP contribution in [0.25, 0.3) is 0 Å². The van der Waals surface area contributed by atoms with E-state index in [1.807, 2.05) is 31.3 Å². The van der Waals surface area contributed by atoms with Gasteiger partial charge in [-0.15, -0.1) is 0 Å². The van der Waals surface area contributed by atoms with Crippen LogP contribution in [-0.2, 0) is 19.3 Å². The van der Waals surface area contributed by atoms with Crippen LogP contribution in [0.1, 0.15) is 16.7 Å². The fourth-order valence-electron chi connectivity index (χ4n) is 5.05. The van der Waals surface area contributed by atoms with Crippen LogP contribution in [0.5, 0.6) is 11.5 Å². The van der Waals surface area contributed by atoms with Crippen molar-refractivity contribution in [2.45, 2.75) is 37.4 Å². The fourth-order valence-corrected chi connectivity index (χ4v) is 5.05. The molecule has 0 bridgehead atoms. The summed E-state index contributed by atoms with van der Waals surface area (Å²) in [5.41, 5.74) is 3.80. The summed E-state index contributed by atoms with van der Waals surface area (Å²) in [6.45, 7) is 2.76. The largest absolute Gasteiger partial charge is 0.508 e. The molecule has 3 N–H and O–H groups in total. The lowest BCUT2D eigenvalue weighted by Crippen LogP contribution is -2.51. The Hall–Kier alpha value is -2.90. The van der Waals surface area contributed by atoms with E-state index in [0.29, 0.717) is 29.6 Å². The second-order valence-electron chi connectivity index (χ2n) is 10.8. The normalized spacial score (nSPS) is 14.2. The number of aromatic hydroxyl groups is 2. The number of hydrogen-bond acceptors (Lipinski definition) is 6. The zero-order valence-electron chi connectivity index (χ0n) is 23.7. The minimum absolute atomic E-state index is 0.293. The summed E-state index contributed by atoms with van der Waals surface area (Å²) in [5, 5.41) is 22.9. The molecule has 3 aromatic carbocycles. The van der Waals surface area contributed by atoms with Crippen molar-refractivity contribution in [3.8, 4) is 11.5 Å². The highest BCUT2D eigenvalue weighted by Gasteiger charge is 2.25. The summed E-state index contributed by atoms with van der Waals surface area (Å²) >= 11 is 0. The van der Waals surface area contributed by atoms with Crippen molar-refractivity contribution >= 4 is 0 Å². The number of nitrogens with zero attached hydrogens (tertiary/aromatic N) is 3. The Morgan fingerprint density at radius 3 is 1.50 bits per heavy atom. The minimum Gasteiger partial charge on any atom is -0.508 e. The zero-order valence-corrected chi connectivity index (χ0v) is 23.7. The van der Waals surface area contributed by atoms with E-state index in [2.05, 4.69) is 78.5 Å². The van der Waals surface area contributed by atoms with Crippen molar-refractivity contribution in [2.24, 2.45) is 0 Å². The number of hydrogen-bond donors (Lipinski definition) is 3. The molecule has 0 unspecified atom stereocenters. The van der Waals surface area contributed by atoms with Gasteiger partial charge in [-0.2, -0.15) is 0 Å². The van der Waals surface area contributed by atoms with E-state index in [-0.39, 0.29) is 0 Å². The van der Waals surface area contributed by atoms with Crippen molar-refractivity contribution in [1.82, 2.24) is 20.0 Å². The lowest BCUT2D eigenvalue weighted by Gasteiger charge is -2.38. The SMILES string of the molecule is CNC[C@H](Cc1ccccc1)N(C)C[C@H](Cc1ccc(O)cc1)N(C)C[C@@H](Cc1ccc(O)cc1)N(C)C. The molecule has 6 heteroatoms. The summed E-state index contributed by atoms with van der Waals surface area (Å²) in [6, 6.07) is 26.9. The number of phenols is 2. The van der Waals surface area contributed by atoms with Crippen LogP contribution in [-0.4, -0.2) is 97.9 Å². The molecule has 0 fully saturated rings. The molecule has 38 heavy (non-hydrogen) atoms. The van der Waals surface area contributed by atoms with E-state index < -0.39 is 0 Å². The highest BCUT2D eigenvalue weighted by Crippen LogP contribution is 2.18. The van der Waals surface area contributed by atoms with Crippen LogP contribution >= 0.6 is 0 Å². The molecule has 0 aliphatic carbocycles. The molecule has 0 aliphatic heterocycles. The molecular formula is C32H46N4O2. The van der Waals surface area contributed by atoms with Crippen molar-refractivity contribution < 1.29 is 10.2 Å². The first kappa shape index (κ1) is 29.7. The van der Waals surface area contributed by atoms with Crippen LogP contribution in [0.3, 0.4) is 0 Å². The summed E-state index contributed by atoms with van der Waals surface area (Å²) in [4.78, 5) is 7.28. The molecule has 0 heterocycles. The Kier molecular flexibility index (Phi) is 11.6. The maximum atomic E-state index is 9.81. The maximum Gasteiger partial charge on any atom is 0.115 e. The van der Waals surface area contributed by atoms with Gasteiger partial charge < -0.3 is 30.2 Å². The number of benzene rings is 3. The Morgan fingerprint density at radius 2 is 1.00 bits per heavy atom. The first-order chi connectivity index (χ1) is 18.2. The summed E-state index contributed by atoms with van der Waals surface area (Å²) in [6.07, 6.45) is 2.81. The predicted octanol–water partition coefficient (Wildman–Crippen LogP) is 3.88. The van der Waals surface area contributed by atoms with E-state index in [9.17, 15) is 10.2 Å². The molecule has 0 radical (unpaired) electrons. The first-order valence-electron chi connectivity index (χ1n) is 13.6. The van der Waals surface area contributed by atoms with Gasteiger partial charge in [-0.3, -0.25) is 0 Å². The van der Waals surface area contributed by atoms with Gasteiger partial charge in [0.1, 0.15) is 11.5 Å². The van der Waals surface area contributed by atoms with Gasteiger partial charge in [-0.05, 0) is 95.5 Å². The third-order valence-corrected chi connectivity index (χ3v) is 7.54. The quantitative estimate of drug-likeness (QED) is 0.284. The Bertz CT molecular complexity index is 1060. The summed E-state index contributed by atoms with van der Waals surface area (Å²) in [7, 11) is 10.8. The number of phenolic OH excluding ortho intramolecular Hbond substituents is 2. The third-order valence-electron chi connectivity index (χ3n) is 7.54. The highest BCUT2D eigenvalue weighted by atomic mass is 16.3. The van der Waals surface area contributed by atoms with Crippen LogP contribution in [0.15, 0.2) is 78.9 Å². The molecule has 6 nitrogen and oxygen atoms in total. The Morgan fingerprint density at radius 1 is 0.579 bits per heavy atom. The van der Waals surface area contributed by atoms with Gasteiger partial charge >= 0.3 is 0 Å². The van der Waals surface area contributed by atoms with E-state index in [0.717, 1.165) is 38.9 Å². The average Bonchev–Trinajstić information content (AvgIpc) is 2.90. The Balaban J connectivity index is 1.77. The van der Waals surface area contributed by atoms with Crippen molar-refractivity contribution in [3.63, 3.8) is 0 Å². The molecule has 0 saturated heterocycles. The first-order valence-corrected chi connectivity index (χ1v) is 13.6. The second kappa shape index (κ2) is 14.9. The van der Waals surface area contributed by atoms with Gasteiger partial charge in [0.2, 0.25) is 0 Å². The molecule has 0 aliphatic rings. The second-order valence-corrected chi connectivity index (χ2v) is 10.8. The lowest BCUT2D eigenvalue weighted by molar-refractivity contribution is 0.120. The standard InChI is InChI=1S/C32H46N4O2/c1-33-22-28(19-25-9-7-6-8-10-25)35(4)24-30(21-27-13-17-32(38)18-14-27)36(5)23-29(34(2)3)20-26-11-15-31(37)16-12-26/h6-18,28-30,33,37-38H,19-24H2,1-5H3/t28-,29+,30-/m0/s1. The highest BCUT2D eigenvalue weighted by molar-refractivity contribution is 5.27. The van der Waals surface area contributed by atoms with Gasteiger partial charge in [0.15, 0.2) is 0 Å². The lowest BCUT2D eigenvalue weighted by atomic mass is 9.99. The smallest absolute Gasteiger partial charge is 0.115 e. The minimum atomic E-state index is 0.293. The van der Waals surface area contributed by atoms with E-state index in [1.165, 1.54) is 16.7 Å². The van der Waals surface area contributed by atoms with E-state index >= 15 is 0 Å². The molecule has 0 aromatic heterocycles. The third kappa shape index (κ3) is 9.44. The van der Waals surface area contributed by atoms with Crippen LogP contribution in [0.2, 0.25) is 0 Å². The topological polar surface area (TPSA) is 62.2 Å². The zero-order chi connectivity index (χ0) is 27.5. The molecule has 3 aromatic rings.